The summed E-state index contributed by atoms with van der Waals surface area (Å²) >= 11 is 0. The largest absolute Gasteiger partial charge is 0.463 e. The molecule has 3 nitrogen and oxygen atoms in total. The van der Waals surface area contributed by atoms with Crippen molar-refractivity contribution in [2.45, 2.75) is 116 Å². The van der Waals surface area contributed by atoms with Gasteiger partial charge in [-0.3, -0.25) is 4.79 Å². The highest BCUT2D eigenvalue weighted by Gasteiger charge is 2.06. The van der Waals surface area contributed by atoms with Gasteiger partial charge in [0, 0.05) is 6.42 Å². The maximum atomic E-state index is 11.5. The molecule has 0 saturated carbocycles. The number of allylic oxidation sites excluding steroid dienone is 4. The third-order valence-electron chi connectivity index (χ3n) is 4.74. The second-order valence-corrected chi connectivity index (χ2v) is 7.43. The minimum atomic E-state index is -0.518. The van der Waals surface area contributed by atoms with Gasteiger partial charge in [0.15, 0.2) is 0 Å². The minimum absolute atomic E-state index is 0.138. The van der Waals surface area contributed by atoms with Crippen LogP contribution in [0.3, 0.4) is 0 Å². The van der Waals surface area contributed by atoms with Gasteiger partial charge in [-0.05, 0) is 44.9 Å². The van der Waals surface area contributed by atoms with E-state index in [-0.39, 0.29) is 12.6 Å². The highest BCUT2D eigenvalue weighted by Crippen LogP contribution is 2.10. The van der Waals surface area contributed by atoms with Crippen LogP contribution in [0.25, 0.3) is 0 Å². The van der Waals surface area contributed by atoms with Crippen molar-refractivity contribution in [1.82, 2.24) is 0 Å². The van der Waals surface area contributed by atoms with Crippen LogP contribution in [-0.4, -0.2) is 23.8 Å². The van der Waals surface area contributed by atoms with Gasteiger partial charge < -0.3 is 9.84 Å². The molecular weight excluding hydrogens is 336 g/mol. The van der Waals surface area contributed by atoms with Crippen molar-refractivity contribution in [3.05, 3.63) is 24.3 Å². The number of aliphatic hydroxyl groups excluding tert-OH is 1. The minimum Gasteiger partial charge on any atom is -0.463 e. The summed E-state index contributed by atoms with van der Waals surface area (Å²) in [5.74, 6) is -0.176. The van der Waals surface area contributed by atoms with Crippen LogP contribution >= 0.6 is 0 Å². The Morgan fingerprint density at radius 1 is 0.815 bits per heavy atom. The summed E-state index contributed by atoms with van der Waals surface area (Å²) in [7, 11) is 0. The van der Waals surface area contributed by atoms with Crippen molar-refractivity contribution >= 4 is 5.97 Å². The molecule has 0 saturated heterocycles. The first-order valence-corrected chi connectivity index (χ1v) is 11.3. The Bertz CT molecular complexity index is 374. The van der Waals surface area contributed by atoms with E-state index >= 15 is 0 Å². The Labute approximate surface area is 168 Å². The topological polar surface area (TPSA) is 46.5 Å². The third-order valence-corrected chi connectivity index (χ3v) is 4.74. The van der Waals surface area contributed by atoms with E-state index in [2.05, 4.69) is 31.2 Å². The number of unbranched alkanes of at least 4 members (excludes halogenated alkanes) is 10. The molecule has 0 aromatic heterocycles. The highest BCUT2D eigenvalue weighted by molar-refractivity contribution is 5.69. The molecule has 1 atom stereocenters. The van der Waals surface area contributed by atoms with Gasteiger partial charge in [0.05, 0.1) is 6.10 Å². The van der Waals surface area contributed by atoms with E-state index in [1.807, 2.05) is 6.92 Å². The molecule has 0 fully saturated rings. The van der Waals surface area contributed by atoms with E-state index in [4.69, 9.17) is 4.74 Å². The second kappa shape index (κ2) is 21.2. The molecule has 0 aliphatic rings. The highest BCUT2D eigenvalue weighted by atomic mass is 16.5. The smallest absolute Gasteiger partial charge is 0.305 e. The number of carbonyl (C=O) groups excluding carboxylic acids is 1. The van der Waals surface area contributed by atoms with Crippen LogP contribution < -0.4 is 0 Å². The van der Waals surface area contributed by atoms with Crippen molar-refractivity contribution in [2.75, 3.05) is 6.61 Å². The van der Waals surface area contributed by atoms with Crippen molar-refractivity contribution in [3.63, 3.8) is 0 Å². The fourth-order valence-corrected chi connectivity index (χ4v) is 2.81. The second-order valence-electron chi connectivity index (χ2n) is 7.43. The van der Waals surface area contributed by atoms with E-state index in [0.29, 0.717) is 12.8 Å². The summed E-state index contributed by atoms with van der Waals surface area (Å²) in [6, 6.07) is 0. The van der Waals surface area contributed by atoms with E-state index < -0.39 is 6.10 Å². The molecule has 0 aromatic carbocycles. The Balaban J connectivity index is 3.26. The van der Waals surface area contributed by atoms with E-state index in [1.165, 1.54) is 64.2 Å². The predicted molar refractivity (Wildman–Crippen MR) is 116 cm³/mol. The molecule has 158 valence electrons. The average molecular weight is 381 g/mol. The molecule has 0 aromatic rings. The number of esters is 1. The Morgan fingerprint density at radius 3 is 1.96 bits per heavy atom. The van der Waals surface area contributed by atoms with Gasteiger partial charge >= 0.3 is 5.97 Å². The molecule has 0 heterocycles. The van der Waals surface area contributed by atoms with Gasteiger partial charge in [-0.2, -0.15) is 0 Å². The molecule has 1 N–H and O–H groups in total. The number of ether oxygens (including phenoxy) is 1. The molecule has 0 rings (SSSR count). The summed E-state index contributed by atoms with van der Waals surface area (Å²) in [5.41, 5.74) is 0. The lowest BCUT2D eigenvalue weighted by Crippen LogP contribution is -2.17. The fourth-order valence-electron chi connectivity index (χ4n) is 2.81. The van der Waals surface area contributed by atoms with Crippen LogP contribution in [0, 0.1) is 0 Å². The number of hydrogen-bond acceptors (Lipinski definition) is 3. The van der Waals surface area contributed by atoms with E-state index in [1.54, 1.807) is 0 Å². The van der Waals surface area contributed by atoms with Crippen LogP contribution in [0.5, 0.6) is 0 Å². The molecule has 0 spiro atoms. The molecule has 0 aliphatic heterocycles. The number of carbonyl (C=O) groups is 1. The van der Waals surface area contributed by atoms with Crippen molar-refractivity contribution < 1.29 is 14.6 Å². The summed E-state index contributed by atoms with van der Waals surface area (Å²) in [6.45, 7) is 4.26. The van der Waals surface area contributed by atoms with Gasteiger partial charge in [-0.25, -0.2) is 0 Å². The molecule has 0 radical (unpaired) electrons. The van der Waals surface area contributed by atoms with Crippen LogP contribution in [0.1, 0.15) is 110 Å². The first-order valence-electron chi connectivity index (χ1n) is 11.3. The first-order chi connectivity index (χ1) is 13.2. The summed E-state index contributed by atoms with van der Waals surface area (Å²) in [5, 5.41) is 9.34. The van der Waals surface area contributed by atoms with Gasteiger partial charge in [0.25, 0.3) is 0 Å². The monoisotopic (exact) mass is 380 g/mol. The number of rotatable bonds is 19. The third kappa shape index (κ3) is 21.1. The van der Waals surface area contributed by atoms with E-state index in [9.17, 15) is 9.90 Å². The van der Waals surface area contributed by atoms with Crippen LogP contribution in [0.15, 0.2) is 24.3 Å². The predicted octanol–water partition coefficient (Wildman–Crippen LogP) is 6.89. The average Bonchev–Trinajstić information content (AvgIpc) is 2.68. The zero-order chi connectivity index (χ0) is 20.0. The lowest BCUT2D eigenvalue weighted by atomic mass is 10.1. The fraction of sp³-hybridized carbons (Fsp3) is 0.792. The Kier molecular flexibility index (Phi) is 20.4. The molecule has 1 unspecified atom stereocenters. The lowest BCUT2D eigenvalue weighted by Gasteiger charge is -2.08. The Morgan fingerprint density at radius 2 is 1.37 bits per heavy atom. The van der Waals surface area contributed by atoms with Gasteiger partial charge in [0.2, 0.25) is 0 Å². The van der Waals surface area contributed by atoms with E-state index in [0.717, 1.165) is 19.3 Å². The quantitative estimate of drug-likeness (QED) is 0.151. The first kappa shape index (κ1) is 25.9. The number of hydrogen-bond donors (Lipinski definition) is 1. The molecule has 3 heteroatoms. The van der Waals surface area contributed by atoms with Crippen molar-refractivity contribution in [2.24, 2.45) is 0 Å². The Hall–Kier alpha value is -1.09. The molecule has 0 aliphatic carbocycles. The number of aliphatic hydroxyl groups is 1. The van der Waals surface area contributed by atoms with Gasteiger partial charge in [-0.15, -0.1) is 0 Å². The standard InChI is InChI=1S/C24H44O3/c1-3-5-6-7-8-9-10-11-12-13-14-15-16-17-18-19-20-21-24(26)27-22-23(25)4-2/h8-9,11-12,23,25H,3-7,10,13-22H2,1-2H3/b9-8-,12-11-. The SMILES string of the molecule is CCCCC/C=C\C/C=C\CCCCCCCCCC(=O)OCC(O)CC. The molecule has 0 bridgehead atoms. The summed E-state index contributed by atoms with van der Waals surface area (Å²) < 4.78 is 5.02. The van der Waals surface area contributed by atoms with Crippen molar-refractivity contribution in [1.29, 1.82) is 0 Å². The molecule has 0 amide bonds. The van der Waals surface area contributed by atoms with Crippen LogP contribution in [0.4, 0.5) is 0 Å². The van der Waals surface area contributed by atoms with Crippen molar-refractivity contribution in [3.8, 4) is 0 Å². The zero-order valence-corrected chi connectivity index (χ0v) is 18.0. The zero-order valence-electron chi connectivity index (χ0n) is 18.0. The normalized spacial score (nSPS) is 12.9. The summed E-state index contributed by atoms with van der Waals surface area (Å²) in [6.07, 6.45) is 25.6. The molecular formula is C24H44O3. The summed E-state index contributed by atoms with van der Waals surface area (Å²) in [4.78, 5) is 11.5. The lowest BCUT2D eigenvalue weighted by molar-refractivity contribution is -0.146. The van der Waals surface area contributed by atoms with Crippen LogP contribution in [-0.2, 0) is 9.53 Å². The maximum absolute atomic E-state index is 11.5. The van der Waals surface area contributed by atoms with Crippen LogP contribution in [0.2, 0.25) is 0 Å². The van der Waals surface area contributed by atoms with Gasteiger partial charge in [0.1, 0.15) is 6.61 Å². The maximum Gasteiger partial charge on any atom is 0.305 e. The molecule has 27 heavy (non-hydrogen) atoms. The van der Waals surface area contributed by atoms with Gasteiger partial charge in [-0.1, -0.05) is 83.1 Å².